The van der Waals surface area contributed by atoms with E-state index in [2.05, 4.69) is 261 Å². The first-order valence-electron chi connectivity index (χ1n) is 38.9. The quantitative estimate of drug-likeness (QED) is 0.0187. The molecule has 0 aliphatic rings. The molecule has 0 fully saturated rings. The van der Waals surface area contributed by atoms with E-state index < -0.39 is 11.9 Å². The number of hydrogen-bond acceptors (Lipinski definition) is 20. The van der Waals surface area contributed by atoms with Crippen molar-refractivity contribution in [2.75, 3.05) is 0 Å². The molecule has 0 amide bonds. The molecule has 2 N–H and O–H groups in total. The zero-order valence-electron chi connectivity index (χ0n) is 69.6. The minimum Gasteiger partial charge on any atom is -0.753 e. The molecule has 28 heteroatoms. The molecule has 12 aromatic rings. The molecule has 18 nitrogen and oxygen atoms in total. The number of pyridine rings is 8. The van der Waals surface area contributed by atoms with Crippen LogP contribution in [0.2, 0.25) is 0 Å². The van der Waals surface area contributed by atoms with Crippen LogP contribution in [0.15, 0.2) is 232 Å². The Labute approximate surface area is 801 Å². The summed E-state index contributed by atoms with van der Waals surface area (Å²) in [5.41, 5.74) is 8.35. The van der Waals surface area contributed by atoms with Crippen molar-refractivity contribution in [3.05, 3.63) is 315 Å². The monoisotopic (exact) mass is 2020 g/mol. The number of thiophene rings is 4. The molecular formula is C99H96Cl2N10O8Ru2S6. The van der Waals surface area contributed by atoms with Gasteiger partial charge in [0.25, 0.3) is 0 Å². The second-order valence-electron chi connectivity index (χ2n) is 24.6. The molecule has 0 saturated heterocycles. The number of rotatable bonds is 24. The van der Waals surface area contributed by atoms with Crippen molar-refractivity contribution in [2.24, 2.45) is 0 Å². The van der Waals surface area contributed by atoms with Crippen LogP contribution in [0.4, 0.5) is 0 Å². The third-order valence-corrected chi connectivity index (χ3v) is 19.2. The molecule has 127 heavy (non-hydrogen) atoms. The van der Waals surface area contributed by atoms with Crippen LogP contribution in [0, 0.1) is 47.4 Å². The molecule has 12 aromatic heterocycles. The van der Waals surface area contributed by atoms with Gasteiger partial charge in [0.1, 0.15) is 0 Å². The van der Waals surface area contributed by atoms with E-state index >= 15 is 0 Å². The average Bonchev–Trinajstić information content (AvgIpc) is 1.47. The van der Waals surface area contributed by atoms with Gasteiger partial charge in [-0.15, -0.1) is 45.3 Å². The molecule has 0 spiro atoms. The Morgan fingerprint density at radius 3 is 0.748 bits per heavy atom. The maximum absolute atomic E-state index is 10.2. The maximum atomic E-state index is 10.2. The van der Waals surface area contributed by atoms with Gasteiger partial charge in [-0.05, 0) is 218 Å². The number of halogens is 2. The third-order valence-electron chi connectivity index (χ3n) is 15.4. The number of aromatic carboxylic acids is 2. The van der Waals surface area contributed by atoms with Crippen LogP contribution in [0.3, 0.4) is 0 Å². The summed E-state index contributed by atoms with van der Waals surface area (Å²) in [4.78, 5) is 95.3. The van der Waals surface area contributed by atoms with E-state index in [0.29, 0.717) is 0 Å². The Balaban J connectivity index is 0.00000166. The molecule has 12 rings (SSSR count). The van der Waals surface area contributed by atoms with E-state index in [1.165, 1.54) is 156 Å². The largest absolute Gasteiger partial charge is 2.00 e. The van der Waals surface area contributed by atoms with Gasteiger partial charge in [0.2, 0.25) is 0 Å². The van der Waals surface area contributed by atoms with Crippen LogP contribution in [0.5, 0.6) is 0 Å². The number of hydrogen-bond donors (Lipinski definition) is 2. The predicted molar refractivity (Wildman–Crippen MR) is 523 cm³/mol. The van der Waals surface area contributed by atoms with Gasteiger partial charge in [0, 0.05) is 120 Å². The van der Waals surface area contributed by atoms with Crippen molar-refractivity contribution < 1.29 is 73.6 Å². The molecule has 0 unspecified atom stereocenters. The van der Waals surface area contributed by atoms with Gasteiger partial charge in [-0.1, -0.05) is 195 Å². The van der Waals surface area contributed by atoms with Gasteiger partial charge >= 0.3 is 78.2 Å². The summed E-state index contributed by atoms with van der Waals surface area (Å²) in [6, 6.07) is 50.6. The molecule has 0 saturated carbocycles. The Kier molecular flexibility index (Phi) is 72.8. The number of thiocarbonyl (C=S) groups is 2. The van der Waals surface area contributed by atoms with E-state index in [0.717, 1.165) is 90.2 Å². The van der Waals surface area contributed by atoms with Gasteiger partial charge in [-0.3, -0.25) is 39.9 Å². The summed E-state index contributed by atoms with van der Waals surface area (Å²) in [7, 11) is 9.71. The van der Waals surface area contributed by atoms with Crippen LogP contribution in [-0.4, -0.2) is 84.6 Å². The van der Waals surface area contributed by atoms with Gasteiger partial charge in [0.05, 0.1) is 53.4 Å². The Morgan fingerprint density at radius 2 is 0.575 bits per heavy atom. The van der Waals surface area contributed by atoms with E-state index in [4.69, 9.17) is 59.6 Å². The van der Waals surface area contributed by atoms with Gasteiger partial charge in [0.15, 0.2) is 0 Å². The van der Waals surface area contributed by atoms with E-state index in [1.807, 2.05) is 85.5 Å². The zero-order chi connectivity index (χ0) is 91.1. The first kappa shape index (κ1) is 115. The smallest absolute Gasteiger partial charge is 0.753 e. The number of isothiocyanates is 2. The van der Waals surface area contributed by atoms with Crippen LogP contribution < -0.4 is 0 Å². The molecule has 0 aromatic carbocycles. The topological polar surface area (TPSA) is 291 Å². The minimum absolute atomic E-state index is 0. The molecule has 0 bridgehead atoms. The third kappa shape index (κ3) is 59.0. The van der Waals surface area contributed by atoms with Gasteiger partial charge in [-0.25, -0.2) is 9.59 Å². The standard InChI is InChI=1S/2C36H36N2S2.2C6H5NO2.2C5H5N.2CNS.2CO2.CH4.2ClH.2Ru/c2*1-3-5-7-9-11-13-31-19-21-33(39-31)17-15-29-23-25-37-35(27-29)36-28-30(24-26-38-36)16-18-34-22-20-32(40-34)14-12-10-8-6-4-2;2*8-6(9)5-1-3-7-4-2-5;2*1-2-4-6-5-3-1;4*2-1-3;;;;;/h2*15-28H,3-10H2,1-2H3;2*1-4H,(H,8,9);2*1-5H;;;;;1H4;2*1H;;/q;;;;;;2*-1;;;;;;2*+2/p-2/b2*17-15+,18-16+;;;;;;;;;;;;;. The number of nitrogens with zero attached hydrogens (tertiary/aromatic N) is 10. The number of aromatic nitrogens is 8. The van der Waals surface area contributed by atoms with Crippen LogP contribution in [0.1, 0.15) is 220 Å². The molecule has 0 radical (unpaired) electrons. The van der Waals surface area contributed by atoms with Crippen LogP contribution >= 0.6 is 89.2 Å². The van der Waals surface area contributed by atoms with E-state index in [1.54, 1.807) is 70.1 Å². The minimum atomic E-state index is -0.919. The van der Waals surface area contributed by atoms with E-state index in [-0.39, 0.29) is 65.5 Å². The number of carboxylic acid groups (broad SMARTS) is 2. The first-order valence-corrected chi connectivity index (χ1v) is 47.5. The average molecular weight is 2020 g/mol. The summed E-state index contributed by atoms with van der Waals surface area (Å²) in [5, 5.41) is 33.6. The summed E-state index contributed by atoms with van der Waals surface area (Å²) in [6.45, 7) is 8.88. The fourth-order valence-corrected chi connectivity index (χ4v) is 12.7. The van der Waals surface area contributed by atoms with Crippen molar-refractivity contribution >= 4 is 172 Å². The molecule has 0 aliphatic carbocycles. The second kappa shape index (κ2) is 80.2. The van der Waals surface area contributed by atoms with Gasteiger partial charge in [-0.2, -0.15) is 29.5 Å². The van der Waals surface area contributed by atoms with E-state index in [9.17, 15) is 9.59 Å². The van der Waals surface area contributed by atoms with Crippen LogP contribution in [0.25, 0.3) is 82.2 Å². The van der Waals surface area contributed by atoms with Crippen molar-refractivity contribution in [3.63, 3.8) is 0 Å². The van der Waals surface area contributed by atoms with Crippen molar-refractivity contribution in [3.8, 4) is 70.1 Å². The summed E-state index contributed by atoms with van der Waals surface area (Å²) in [5.74, 6) is 24.5. The molecule has 656 valence electrons. The maximum Gasteiger partial charge on any atom is 2.00 e. The zero-order valence-corrected chi connectivity index (χ0v) is 79.5. The van der Waals surface area contributed by atoms with Crippen molar-refractivity contribution in [1.29, 1.82) is 0 Å². The molecular weight excluding hydrogens is 1920 g/mol. The number of carboxylic acids is 2. The van der Waals surface area contributed by atoms with Crippen LogP contribution in [-0.2, 0) is 53.8 Å². The number of carbonyl (C=O) groups is 2. The Morgan fingerprint density at radius 1 is 0.362 bits per heavy atom. The Bertz CT molecular complexity index is 4900. The van der Waals surface area contributed by atoms with Crippen molar-refractivity contribution in [2.45, 2.75) is 138 Å². The number of unbranched alkanes of at least 4 members (excludes halogenated alkanes) is 12. The fourth-order valence-electron chi connectivity index (χ4n) is 9.58. The van der Waals surface area contributed by atoms with Crippen molar-refractivity contribution in [1.82, 2.24) is 39.9 Å². The normalized spacial score (nSPS) is 9.34. The van der Waals surface area contributed by atoms with Gasteiger partial charge < -0.3 is 21.0 Å². The number of carbonyl (C=O) groups excluding carboxylic acids is 4. The summed E-state index contributed by atoms with van der Waals surface area (Å²) >= 11 is 14.0. The summed E-state index contributed by atoms with van der Waals surface area (Å²) < 4.78 is 0. The summed E-state index contributed by atoms with van der Waals surface area (Å²) in [6.07, 6.45) is 56.3. The SMILES string of the molecule is C.CCCCCC#Cc1ccc(/C=C/c2ccnc(-c3cc(/C=C/c4ccc(C#CCCCCC)s4)ccn3)c2)s1.CCCCCC#Cc1ccc(/C=C/c2ccnc(-c3cc(/C=C/c4ccc(C#CCCCCC)s4)ccn3)c2)s1.O=C(O)c1ccncc1.O=C(O)c1ccncc1.O=C=O.O=C=O.[Cl][Ru][Cl].[N-]=C=S.[N-]=C=S.[Ru+2].c1ccncc1.c1ccncc1. The molecule has 0 aliphatic heterocycles. The molecule has 0 atom stereocenters. The Hall–Kier alpha value is -11.7. The fraction of sp³-hybridized carbons (Fsp3) is 0.212. The first-order chi connectivity index (χ1) is 61.1. The second-order valence-corrected chi connectivity index (χ2v) is 32.1. The molecule has 12 heterocycles. The predicted octanol–water partition coefficient (Wildman–Crippen LogP) is 26.8.